The molecule has 1 atom stereocenters. The monoisotopic (exact) mass is 268 g/mol. The Morgan fingerprint density at radius 2 is 1.84 bits per heavy atom. The highest BCUT2D eigenvalue weighted by Gasteiger charge is 2.15. The summed E-state index contributed by atoms with van der Waals surface area (Å²) in [5.74, 6) is 1.02. The van der Waals surface area contributed by atoms with E-state index in [1.807, 2.05) is 0 Å². The normalized spacial score (nSPS) is 21.5. The first-order chi connectivity index (χ1) is 9.36. The number of likely N-dealkylation sites (tertiary alicyclic amines) is 1. The molecule has 0 aromatic heterocycles. The average molecular weight is 268 g/mol. The van der Waals surface area contributed by atoms with Crippen LogP contribution in [-0.4, -0.2) is 37.6 Å². The lowest BCUT2D eigenvalue weighted by atomic mass is 9.96. The van der Waals surface area contributed by atoms with E-state index in [1.54, 1.807) is 0 Å². The summed E-state index contributed by atoms with van der Waals surface area (Å²) in [7, 11) is 0. The van der Waals surface area contributed by atoms with Crippen LogP contribution in [0, 0.1) is 5.92 Å². The number of hydrogen-bond donors (Lipinski definition) is 1. The van der Waals surface area contributed by atoms with E-state index in [0.717, 1.165) is 5.92 Å². The highest BCUT2D eigenvalue weighted by molar-refractivity contribution is 4.70. The van der Waals surface area contributed by atoms with E-state index in [4.69, 9.17) is 0 Å². The van der Waals surface area contributed by atoms with E-state index in [-0.39, 0.29) is 0 Å². The molecule has 114 valence electrons. The molecule has 0 aromatic carbocycles. The van der Waals surface area contributed by atoms with Crippen molar-refractivity contribution in [3.8, 4) is 0 Å². The van der Waals surface area contributed by atoms with E-state index >= 15 is 0 Å². The standard InChI is InChI=1S/C17H36N2/c1-3-9-17-10-8-15-19(16-11-17)14-7-5-6-13-18-12-4-2/h17-18H,3-16H2,1-2H3. The molecule has 0 aromatic rings. The van der Waals surface area contributed by atoms with E-state index in [0.29, 0.717) is 0 Å². The van der Waals surface area contributed by atoms with Gasteiger partial charge in [-0.15, -0.1) is 0 Å². The Morgan fingerprint density at radius 1 is 0.947 bits per heavy atom. The Balaban J connectivity index is 1.97. The second-order valence-corrected chi connectivity index (χ2v) is 6.24. The molecule has 0 radical (unpaired) electrons. The lowest BCUT2D eigenvalue weighted by Crippen LogP contribution is -2.26. The molecule has 1 heterocycles. The molecule has 19 heavy (non-hydrogen) atoms. The van der Waals surface area contributed by atoms with E-state index in [9.17, 15) is 0 Å². The van der Waals surface area contributed by atoms with Crippen LogP contribution in [0.1, 0.15) is 71.6 Å². The zero-order valence-electron chi connectivity index (χ0n) is 13.4. The molecule has 1 saturated heterocycles. The Hall–Kier alpha value is -0.0800. The lowest BCUT2D eigenvalue weighted by molar-refractivity contribution is 0.272. The molecule has 1 aliphatic rings. The van der Waals surface area contributed by atoms with Gasteiger partial charge in [0.15, 0.2) is 0 Å². The molecule has 2 nitrogen and oxygen atoms in total. The maximum Gasteiger partial charge on any atom is -0.00161 e. The smallest absolute Gasteiger partial charge is 0.00161 e. The van der Waals surface area contributed by atoms with Crippen LogP contribution in [0.2, 0.25) is 0 Å². The topological polar surface area (TPSA) is 15.3 Å². The van der Waals surface area contributed by atoms with Crippen LogP contribution >= 0.6 is 0 Å². The van der Waals surface area contributed by atoms with Crippen LogP contribution in [0.3, 0.4) is 0 Å². The van der Waals surface area contributed by atoms with Crippen molar-refractivity contribution in [2.24, 2.45) is 5.92 Å². The van der Waals surface area contributed by atoms with Crippen molar-refractivity contribution in [2.45, 2.75) is 71.6 Å². The summed E-state index contributed by atoms with van der Waals surface area (Å²) in [6, 6.07) is 0. The first-order valence-electron chi connectivity index (χ1n) is 8.79. The van der Waals surface area contributed by atoms with Crippen LogP contribution < -0.4 is 5.32 Å². The Bertz CT molecular complexity index is 194. The van der Waals surface area contributed by atoms with Crippen molar-refractivity contribution < 1.29 is 0 Å². The fourth-order valence-corrected chi connectivity index (χ4v) is 3.21. The minimum atomic E-state index is 1.02. The van der Waals surface area contributed by atoms with Gasteiger partial charge in [-0.1, -0.05) is 33.1 Å². The Morgan fingerprint density at radius 3 is 2.63 bits per heavy atom. The van der Waals surface area contributed by atoms with Gasteiger partial charge in [0, 0.05) is 0 Å². The van der Waals surface area contributed by atoms with Gasteiger partial charge in [-0.25, -0.2) is 0 Å². The van der Waals surface area contributed by atoms with Crippen molar-refractivity contribution in [1.82, 2.24) is 10.2 Å². The Kier molecular flexibility index (Phi) is 10.5. The summed E-state index contributed by atoms with van der Waals surface area (Å²) >= 11 is 0. The number of unbranched alkanes of at least 4 members (excludes halogenated alkanes) is 2. The van der Waals surface area contributed by atoms with Gasteiger partial charge in [0.25, 0.3) is 0 Å². The van der Waals surface area contributed by atoms with Crippen LogP contribution in [0.4, 0.5) is 0 Å². The third-order valence-electron chi connectivity index (χ3n) is 4.39. The first kappa shape index (κ1) is 17.0. The van der Waals surface area contributed by atoms with Crippen molar-refractivity contribution in [1.29, 1.82) is 0 Å². The molecule has 1 N–H and O–H groups in total. The maximum absolute atomic E-state index is 3.49. The summed E-state index contributed by atoms with van der Waals surface area (Å²) in [5, 5.41) is 3.49. The van der Waals surface area contributed by atoms with Crippen molar-refractivity contribution >= 4 is 0 Å². The zero-order valence-corrected chi connectivity index (χ0v) is 13.4. The van der Waals surface area contributed by atoms with E-state index in [1.165, 1.54) is 90.5 Å². The van der Waals surface area contributed by atoms with Crippen LogP contribution in [0.15, 0.2) is 0 Å². The fourth-order valence-electron chi connectivity index (χ4n) is 3.21. The molecule has 0 bridgehead atoms. The summed E-state index contributed by atoms with van der Waals surface area (Å²) in [6.45, 7) is 11.0. The fraction of sp³-hybridized carbons (Fsp3) is 1.00. The van der Waals surface area contributed by atoms with Crippen molar-refractivity contribution in [3.63, 3.8) is 0 Å². The van der Waals surface area contributed by atoms with Gasteiger partial charge in [-0.3, -0.25) is 0 Å². The SMILES string of the molecule is CCCNCCCCCN1CCCC(CCC)CC1. The highest BCUT2D eigenvalue weighted by Crippen LogP contribution is 2.22. The minimum absolute atomic E-state index is 1.02. The average Bonchev–Trinajstić information content (AvgIpc) is 2.64. The lowest BCUT2D eigenvalue weighted by Gasteiger charge is -2.20. The van der Waals surface area contributed by atoms with Gasteiger partial charge < -0.3 is 10.2 Å². The van der Waals surface area contributed by atoms with Gasteiger partial charge in [0.05, 0.1) is 0 Å². The summed E-state index contributed by atoms with van der Waals surface area (Å²) < 4.78 is 0. The molecular weight excluding hydrogens is 232 g/mol. The summed E-state index contributed by atoms with van der Waals surface area (Å²) in [4.78, 5) is 2.72. The predicted molar refractivity (Wildman–Crippen MR) is 85.7 cm³/mol. The number of nitrogens with zero attached hydrogens (tertiary/aromatic N) is 1. The Labute approximate surface area is 121 Å². The molecule has 2 heteroatoms. The third-order valence-corrected chi connectivity index (χ3v) is 4.39. The number of nitrogens with one attached hydrogen (secondary N) is 1. The molecule has 0 aliphatic carbocycles. The second kappa shape index (κ2) is 11.7. The molecule has 0 spiro atoms. The highest BCUT2D eigenvalue weighted by atomic mass is 15.1. The summed E-state index contributed by atoms with van der Waals surface area (Å²) in [6.07, 6.45) is 12.6. The minimum Gasteiger partial charge on any atom is -0.317 e. The molecule has 1 fully saturated rings. The van der Waals surface area contributed by atoms with Crippen molar-refractivity contribution in [2.75, 3.05) is 32.7 Å². The molecule has 0 saturated carbocycles. The van der Waals surface area contributed by atoms with Gasteiger partial charge in [-0.2, -0.15) is 0 Å². The predicted octanol–water partition coefficient (Wildman–Crippen LogP) is 4.06. The zero-order chi connectivity index (χ0) is 13.8. The second-order valence-electron chi connectivity index (χ2n) is 6.24. The van der Waals surface area contributed by atoms with Crippen LogP contribution in [-0.2, 0) is 0 Å². The molecule has 1 unspecified atom stereocenters. The van der Waals surface area contributed by atoms with Crippen LogP contribution in [0.25, 0.3) is 0 Å². The first-order valence-corrected chi connectivity index (χ1v) is 8.79. The third kappa shape index (κ3) is 8.65. The van der Waals surface area contributed by atoms with Crippen LogP contribution in [0.5, 0.6) is 0 Å². The van der Waals surface area contributed by atoms with Gasteiger partial charge in [-0.05, 0) is 77.2 Å². The van der Waals surface area contributed by atoms with Gasteiger partial charge in [0.2, 0.25) is 0 Å². The largest absolute Gasteiger partial charge is 0.317 e. The molecule has 1 rings (SSSR count). The molecular formula is C17H36N2. The van der Waals surface area contributed by atoms with E-state index in [2.05, 4.69) is 24.1 Å². The summed E-state index contributed by atoms with van der Waals surface area (Å²) in [5.41, 5.74) is 0. The quantitative estimate of drug-likeness (QED) is 0.601. The van der Waals surface area contributed by atoms with Gasteiger partial charge in [0.1, 0.15) is 0 Å². The number of hydrogen-bond acceptors (Lipinski definition) is 2. The maximum atomic E-state index is 3.49. The van der Waals surface area contributed by atoms with Crippen molar-refractivity contribution in [3.05, 3.63) is 0 Å². The molecule has 0 amide bonds. The van der Waals surface area contributed by atoms with Gasteiger partial charge >= 0.3 is 0 Å². The molecule has 1 aliphatic heterocycles. The van der Waals surface area contributed by atoms with E-state index < -0.39 is 0 Å². The number of rotatable bonds is 10.